The van der Waals surface area contributed by atoms with Gasteiger partial charge >= 0.3 is 5.97 Å². The van der Waals surface area contributed by atoms with Gasteiger partial charge in [-0.25, -0.2) is 9.78 Å². The number of ether oxygens (including phenoxy) is 1. The van der Waals surface area contributed by atoms with E-state index in [1.54, 1.807) is 6.92 Å². The number of amides is 1. The van der Waals surface area contributed by atoms with E-state index in [0.717, 1.165) is 12.8 Å². The van der Waals surface area contributed by atoms with Crippen LogP contribution in [-0.4, -0.2) is 41.2 Å². The number of carboxylic acid groups (broad SMARTS) is 1. The van der Waals surface area contributed by atoms with Gasteiger partial charge in [0.05, 0.1) is 12.3 Å². The summed E-state index contributed by atoms with van der Waals surface area (Å²) in [5.74, 6) is -1.81. The van der Waals surface area contributed by atoms with Crippen LogP contribution in [0.1, 0.15) is 29.1 Å². The first-order chi connectivity index (χ1) is 9.09. The van der Waals surface area contributed by atoms with Crippen LogP contribution in [0.4, 0.5) is 0 Å². The van der Waals surface area contributed by atoms with E-state index in [2.05, 4.69) is 10.3 Å². The lowest BCUT2D eigenvalue weighted by Crippen LogP contribution is -2.48. The summed E-state index contributed by atoms with van der Waals surface area (Å²) in [5.41, 5.74) is 0.432. The highest BCUT2D eigenvalue weighted by atomic mass is 16.5. The number of carboxylic acids is 1. The molecule has 1 amide bonds. The molecule has 2 rings (SSSR count). The van der Waals surface area contributed by atoms with Crippen LogP contribution in [0, 0.1) is 12.8 Å². The highest BCUT2D eigenvalue weighted by Crippen LogP contribution is 2.18. The SMILES string of the molecule is Cc1ncoc1C(=O)NC(C(=O)O)C1CCCOC1. The quantitative estimate of drug-likeness (QED) is 0.828. The molecule has 2 unspecified atom stereocenters. The van der Waals surface area contributed by atoms with E-state index in [1.165, 1.54) is 0 Å². The molecule has 0 spiro atoms. The highest BCUT2D eigenvalue weighted by molar-refractivity contribution is 5.95. The minimum absolute atomic E-state index is 0.0444. The van der Waals surface area contributed by atoms with Crippen LogP contribution in [0.5, 0.6) is 0 Å². The Kier molecular flexibility index (Phi) is 4.16. The van der Waals surface area contributed by atoms with Gasteiger partial charge in [0.2, 0.25) is 5.76 Å². The van der Waals surface area contributed by atoms with E-state index in [0.29, 0.717) is 25.3 Å². The molecule has 1 fully saturated rings. The smallest absolute Gasteiger partial charge is 0.326 e. The van der Waals surface area contributed by atoms with Crippen molar-refractivity contribution in [1.82, 2.24) is 10.3 Å². The summed E-state index contributed by atoms with van der Waals surface area (Å²) in [5, 5.41) is 11.7. The van der Waals surface area contributed by atoms with E-state index in [9.17, 15) is 14.7 Å². The van der Waals surface area contributed by atoms with Crippen molar-refractivity contribution >= 4 is 11.9 Å². The Balaban J connectivity index is 2.06. The van der Waals surface area contributed by atoms with Gasteiger partial charge in [-0.15, -0.1) is 0 Å². The normalized spacial score (nSPS) is 20.8. The van der Waals surface area contributed by atoms with Crippen molar-refractivity contribution in [2.24, 2.45) is 5.92 Å². The molecule has 2 N–H and O–H groups in total. The van der Waals surface area contributed by atoms with E-state index in [-0.39, 0.29) is 11.7 Å². The molecule has 1 aliphatic heterocycles. The van der Waals surface area contributed by atoms with Gasteiger partial charge in [0.1, 0.15) is 6.04 Å². The molecule has 7 nitrogen and oxygen atoms in total. The number of aromatic nitrogens is 1. The first-order valence-electron chi connectivity index (χ1n) is 6.11. The van der Waals surface area contributed by atoms with Gasteiger partial charge in [0.15, 0.2) is 6.39 Å². The molecule has 0 bridgehead atoms. The van der Waals surface area contributed by atoms with Gasteiger partial charge < -0.3 is 19.6 Å². The number of oxazole rings is 1. The summed E-state index contributed by atoms with van der Waals surface area (Å²) in [6.45, 7) is 2.60. The molecule has 0 aromatic carbocycles. The van der Waals surface area contributed by atoms with Gasteiger partial charge in [0, 0.05) is 12.5 Å². The van der Waals surface area contributed by atoms with Crippen LogP contribution in [0.3, 0.4) is 0 Å². The van der Waals surface area contributed by atoms with Gasteiger partial charge in [-0.05, 0) is 19.8 Å². The van der Waals surface area contributed by atoms with Crippen LogP contribution in [-0.2, 0) is 9.53 Å². The van der Waals surface area contributed by atoms with Crippen LogP contribution in [0.15, 0.2) is 10.8 Å². The zero-order valence-electron chi connectivity index (χ0n) is 10.6. The van der Waals surface area contributed by atoms with E-state index in [4.69, 9.17) is 9.15 Å². The van der Waals surface area contributed by atoms with Crippen molar-refractivity contribution in [2.75, 3.05) is 13.2 Å². The summed E-state index contributed by atoms with van der Waals surface area (Å²) in [7, 11) is 0. The average Bonchev–Trinajstić information content (AvgIpc) is 2.82. The van der Waals surface area contributed by atoms with Crippen molar-refractivity contribution in [3.63, 3.8) is 0 Å². The number of aryl methyl sites for hydroxylation is 1. The second-order valence-corrected chi connectivity index (χ2v) is 4.53. The van der Waals surface area contributed by atoms with Gasteiger partial charge in [0.25, 0.3) is 5.91 Å². The molecule has 104 valence electrons. The fourth-order valence-corrected chi connectivity index (χ4v) is 2.14. The number of hydrogen-bond acceptors (Lipinski definition) is 5. The fourth-order valence-electron chi connectivity index (χ4n) is 2.14. The van der Waals surface area contributed by atoms with Gasteiger partial charge in [-0.3, -0.25) is 4.79 Å². The molecule has 1 aromatic heterocycles. The van der Waals surface area contributed by atoms with Crippen LogP contribution in [0.2, 0.25) is 0 Å². The molecule has 2 atom stereocenters. The first kappa shape index (κ1) is 13.5. The summed E-state index contributed by atoms with van der Waals surface area (Å²) >= 11 is 0. The molecular weight excluding hydrogens is 252 g/mol. The number of carbonyl (C=O) groups is 2. The third kappa shape index (κ3) is 3.11. The second-order valence-electron chi connectivity index (χ2n) is 4.53. The van der Waals surface area contributed by atoms with Crippen LogP contribution >= 0.6 is 0 Å². The predicted molar refractivity (Wildman–Crippen MR) is 63.7 cm³/mol. The van der Waals surface area contributed by atoms with Gasteiger partial charge in [-0.1, -0.05) is 0 Å². The Labute approximate surface area is 110 Å². The fraction of sp³-hybridized carbons (Fsp3) is 0.583. The lowest BCUT2D eigenvalue weighted by atomic mass is 9.93. The molecule has 1 aromatic rings. The summed E-state index contributed by atoms with van der Waals surface area (Å²) in [6.07, 6.45) is 2.67. The van der Waals surface area contributed by atoms with Crippen molar-refractivity contribution < 1.29 is 23.8 Å². The molecule has 0 saturated carbocycles. The lowest BCUT2D eigenvalue weighted by Gasteiger charge is -2.27. The standard InChI is InChI=1S/C12H16N2O5/c1-7-10(19-6-13-7)11(15)14-9(12(16)17)8-3-2-4-18-5-8/h6,8-9H,2-5H2,1H3,(H,14,15)(H,16,17). The summed E-state index contributed by atoms with van der Waals surface area (Å²) in [6, 6.07) is -0.975. The topological polar surface area (TPSA) is 102 Å². The minimum atomic E-state index is -1.07. The van der Waals surface area contributed by atoms with Crippen molar-refractivity contribution in [3.05, 3.63) is 17.8 Å². The third-order valence-electron chi connectivity index (χ3n) is 3.17. The molecule has 2 heterocycles. The van der Waals surface area contributed by atoms with E-state index < -0.39 is 17.9 Å². The maximum absolute atomic E-state index is 11.9. The molecule has 19 heavy (non-hydrogen) atoms. The van der Waals surface area contributed by atoms with E-state index in [1.807, 2.05) is 0 Å². The second kappa shape index (κ2) is 5.83. The van der Waals surface area contributed by atoms with Crippen molar-refractivity contribution in [1.29, 1.82) is 0 Å². The minimum Gasteiger partial charge on any atom is -0.480 e. The molecule has 1 saturated heterocycles. The predicted octanol–water partition coefficient (Wildman–Crippen LogP) is 0.593. The zero-order valence-corrected chi connectivity index (χ0v) is 10.6. The molecule has 0 aliphatic carbocycles. The van der Waals surface area contributed by atoms with Crippen molar-refractivity contribution in [2.45, 2.75) is 25.8 Å². The summed E-state index contributed by atoms with van der Waals surface area (Å²) < 4.78 is 10.2. The summed E-state index contributed by atoms with van der Waals surface area (Å²) in [4.78, 5) is 27.0. The third-order valence-corrected chi connectivity index (χ3v) is 3.17. The van der Waals surface area contributed by atoms with Crippen LogP contribution < -0.4 is 5.32 Å². The van der Waals surface area contributed by atoms with E-state index >= 15 is 0 Å². The number of nitrogens with zero attached hydrogens (tertiary/aromatic N) is 1. The Bertz CT molecular complexity index is 464. The number of rotatable bonds is 4. The van der Waals surface area contributed by atoms with Gasteiger partial charge in [-0.2, -0.15) is 0 Å². The molecular formula is C12H16N2O5. The first-order valence-corrected chi connectivity index (χ1v) is 6.11. The number of carbonyl (C=O) groups excluding carboxylic acids is 1. The Hall–Kier alpha value is -1.89. The van der Waals surface area contributed by atoms with Crippen LogP contribution in [0.25, 0.3) is 0 Å². The monoisotopic (exact) mass is 268 g/mol. The molecule has 7 heteroatoms. The highest BCUT2D eigenvalue weighted by Gasteiger charge is 2.32. The average molecular weight is 268 g/mol. The Morgan fingerprint density at radius 3 is 2.89 bits per heavy atom. The molecule has 1 aliphatic rings. The molecule has 0 radical (unpaired) electrons. The van der Waals surface area contributed by atoms with Crippen molar-refractivity contribution in [3.8, 4) is 0 Å². The zero-order chi connectivity index (χ0) is 13.8. The maximum Gasteiger partial charge on any atom is 0.326 e. The maximum atomic E-state index is 11.9. The number of nitrogens with one attached hydrogen (secondary N) is 1. The Morgan fingerprint density at radius 2 is 2.37 bits per heavy atom. The Morgan fingerprint density at radius 1 is 1.58 bits per heavy atom. The lowest BCUT2D eigenvalue weighted by molar-refractivity contribution is -0.142. The largest absolute Gasteiger partial charge is 0.480 e. The number of aliphatic carboxylic acids is 1. The number of hydrogen-bond donors (Lipinski definition) is 2.